The zero-order valence-electron chi connectivity index (χ0n) is 9.33. The van der Waals surface area contributed by atoms with E-state index in [1.807, 2.05) is 0 Å². The summed E-state index contributed by atoms with van der Waals surface area (Å²) in [4.78, 5) is 11.0. The molecule has 0 amide bonds. The lowest BCUT2D eigenvalue weighted by Crippen LogP contribution is -1.96. The Labute approximate surface area is 108 Å². The molecule has 0 atom stereocenters. The van der Waals surface area contributed by atoms with E-state index in [1.54, 1.807) is 11.8 Å². The van der Waals surface area contributed by atoms with Gasteiger partial charge in [-0.15, -0.1) is 11.8 Å². The molecule has 0 radical (unpaired) electrons. The van der Waals surface area contributed by atoms with Crippen molar-refractivity contribution < 1.29 is 4.52 Å². The predicted molar refractivity (Wildman–Crippen MR) is 70.5 cm³/mol. The van der Waals surface area contributed by atoms with E-state index in [0.717, 1.165) is 5.75 Å². The minimum absolute atomic E-state index is 0.154. The van der Waals surface area contributed by atoms with Crippen LogP contribution < -0.4 is 5.56 Å². The van der Waals surface area contributed by atoms with Gasteiger partial charge in [-0.1, -0.05) is 41.4 Å². The van der Waals surface area contributed by atoms with E-state index in [2.05, 4.69) is 36.3 Å². The Kier molecular flexibility index (Phi) is 3.97. The topological polar surface area (TPSA) is 46.0 Å². The van der Waals surface area contributed by atoms with Crippen molar-refractivity contribution in [3.05, 3.63) is 56.5 Å². The summed E-state index contributed by atoms with van der Waals surface area (Å²) in [6, 6.07) is 8.35. The van der Waals surface area contributed by atoms with E-state index >= 15 is 0 Å². The minimum Gasteiger partial charge on any atom is -0.381 e. The zero-order chi connectivity index (χ0) is 12.3. The van der Waals surface area contributed by atoms with Gasteiger partial charge in [0.05, 0.1) is 5.75 Å². The van der Waals surface area contributed by atoms with Crippen LogP contribution in [0, 0.1) is 6.92 Å². The number of hydrogen-bond donors (Lipinski definition) is 1. The van der Waals surface area contributed by atoms with Gasteiger partial charge in [-0.25, -0.2) is 0 Å². The molecule has 1 heterocycles. The van der Waals surface area contributed by atoms with Crippen molar-refractivity contribution in [1.82, 2.24) is 5.16 Å². The molecule has 1 N–H and O–H groups in total. The van der Waals surface area contributed by atoms with E-state index in [4.69, 9.17) is 16.1 Å². The number of aromatic amines is 1. The molecule has 1 aromatic carbocycles. The van der Waals surface area contributed by atoms with Gasteiger partial charge in [-0.3, -0.25) is 4.79 Å². The first kappa shape index (κ1) is 12.3. The van der Waals surface area contributed by atoms with Crippen LogP contribution in [-0.2, 0) is 11.5 Å². The van der Waals surface area contributed by atoms with Gasteiger partial charge in [-0.05, 0) is 12.5 Å². The second-order valence-electron chi connectivity index (χ2n) is 3.75. The van der Waals surface area contributed by atoms with Crippen LogP contribution in [0.2, 0.25) is 5.02 Å². The number of thioether (sulfide) groups is 1. The van der Waals surface area contributed by atoms with Crippen molar-refractivity contribution in [2.24, 2.45) is 0 Å². The molecule has 2 rings (SSSR count). The molecule has 0 saturated heterocycles. The molecule has 17 heavy (non-hydrogen) atoms. The SMILES string of the molecule is Cc1ccc(CSCc2o[nH]c(=O)c2Cl)cc1. The standard InChI is InChI=1S/C12H12ClNO2S/c1-8-2-4-9(5-3-8)6-17-7-10-11(13)12(15)14-16-10/h2-5H,6-7H2,1H3,(H,14,15). The third-order valence-corrected chi connectivity index (χ3v) is 3.72. The van der Waals surface area contributed by atoms with Gasteiger partial charge in [0, 0.05) is 5.75 Å². The Morgan fingerprint density at radius 2 is 2.00 bits per heavy atom. The average molecular weight is 270 g/mol. The molecule has 5 heteroatoms. The number of nitrogens with one attached hydrogen (secondary N) is 1. The lowest BCUT2D eigenvalue weighted by Gasteiger charge is -2.00. The Morgan fingerprint density at radius 1 is 1.29 bits per heavy atom. The molecule has 0 saturated carbocycles. The number of aryl methyl sites for hydroxylation is 1. The van der Waals surface area contributed by atoms with Crippen LogP contribution in [0.3, 0.4) is 0 Å². The minimum atomic E-state index is -0.363. The molecular weight excluding hydrogens is 258 g/mol. The van der Waals surface area contributed by atoms with Crippen LogP contribution in [0.15, 0.2) is 33.6 Å². The van der Waals surface area contributed by atoms with E-state index in [-0.39, 0.29) is 10.6 Å². The summed E-state index contributed by atoms with van der Waals surface area (Å²) in [6.07, 6.45) is 0. The first-order valence-corrected chi connectivity index (χ1v) is 6.69. The third kappa shape index (κ3) is 3.17. The summed E-state index contributed by atoms with van der Waals surface area (Å²) in [5.74, 6) is 1.96. The zero-order valence-corrected chi connectivity index (χ0v) is 10.9. The fraction of sp³-hybridized carbons (Fsp3) is 0.250. The van der Waals surface area contributed by atoms with Crippen molar-refractivity contribution in [2.45, 2.75) is 18.4 Å². The second-order valence-corrected chi connectivity index (χ2v) is 5.11. The molecule has 0 spiro atoms. The highest BCUT2D eigenvalue weighted by atomic mass is 35.5. The van der Waals surface area contributed by atoms with Gasteiger partial charge in [0.25, 0.3) is 5.56 Å². The van der Waals surface area contributed by atoms with E-state index < -0.39 is 0 Å². The van der Waals surface area contributed by atoms with E-state index in [0.29, 0.717) is 11.5 Å². The highest BCUT2D eigenvalue weighted by molar-refractivity contribution is 7.97. The van der Waals surface area contributed by atoms with Crippen LogP contribution in [0.5, 0.6) is 0 Å². The number of halogens is 1. The normalized spacial score (nSPS) is 10.7. The maximum atomic E-state index is 11.0. The summed E-state index contributed by atoms with van der Waals surface area (Å²) in [7, 11) is 0. The molecule has 0 aliphatic heterocycles. The summed E-state index contributed by atoms with van der Waals surface area (Å²) >= 11 is 7.42. The monoisotopic (exact) mass is 269 g/mol. The Bertz CT molecular complexity index is 544. The summed E-state index contributed by atoms with van der Waals surface area (Å²) in [5, 5.41) is 2.37. The van der Waals surface area contributed by atoms with Gasteiger partial charge in [0.2, 0.25) is 0 Å². The summed E-state index contributed by atoms with van der Waals surface area (Å²) in [5.41, 5.74) is 2.13. The molecule has 0 bridgehead atoms. The van der Waals surface area contributed by atoms with Gasteiger partial charge in [-0.2, -0.15) is 5.16 Å². The van der Waals surface area contributed by atoms with Gasteiger partial charge >= 0.3 is 0 Å². The maximum absolute atomic E-state index is 11.0. The number of H-pyrrole nitrogens is 1. The molecule has 1 aromatic heterocycles. The van der Waals surface area contributed by atoms with Crippen molar-refractivity contribution in [3.63, 3.8) is 0 Å². The van der Waals surface area contributed by atoms with Crippen LogP contribution >= 0.6 is 23.4 Å². The molecule has 0 unspecified atom stereocenters. The second kappa shape index (κ2) is 5.47. The van der Waals surface area contributed by atoms with Crippen LogP contribution in [0.1, 0.15) is 16.9 Å². The van der Waals surface area contributed by atoms with E-state index in [9.17, 15) is 4.79 Å². The quantitative estimate of drug-likeness (QED) is 0.926. The molecular formula is C12H12ClNO2S. The lowest BCUT2D eigenvalue weighted by atomic mass is 10.2. The molecule has 3 nitrogen and oxygen atoms in total. The van der Waals surface area contributed by atoms with Crippen molar-refractivity contribution in [3.8, 4) is 0 Å². The summed E-state index contributed by atoms with van der Waals surface area (Å²) in [6.45, 7) is 2.06. The fourth-order valence-corrected chi connectivity index (χ4v) is 2.50. The van der Waals surface area contributed by atoms with Gasteiger partial charge in [0.15, 0.2) is 10.8 Å². The molecule has 90 valence electrons. The average Bonchev–Trinajstić information content (AvgIpc) is 2.64. The highest BCUT2D eigenvalue weighted by Gasteiger charge is 2.09. The first-order valence-electron chi connectivity index (χ1n) is 5.16. The number of benzene rings is 1. The smallest absolute Gasteiger partial charge is 0.298 e. The number of aromatic nitrogens is 1. The van der Waals surface area contributed by atoms with Crippen molar-refractivity contribution in [1.29, 1.82) is 0 Å². The Hall–Kier alpha value is -1.13. The molecule has 0 fully saturated rings. The summed E-state index contributed by atoms with van der Waals surface area (Å²) < 4.78 is 4.96. The van der Waals surface area contributed by atoms with E-state index in [1.165, 1.54) is 11.1 Å². The largest absolute Gasteiger partial charge is 0.381 e. The first-order chi connectivity index (χ1) is 8.16. The van der Waals surface area contributed by atoms with Crippen LogP contribution in [0.25, 0.3) is 0 Å². The highest BCUT2D eigenvalue weighted by Crippen LogP contribution is 2.21. The van der Waals surface area contributed by atoms with Gasteiger partial charge in [0.1, 0.15) is 0 Å². The lowest BCUT2D eigenvalue weighted by molar-refractivity contribution is 0.390. The van der Waals surface area contributed by atoms with Crippen molar-refractivity contribution in [2.75, 3.05) is 0 Å². The fourth-order valence-electron chi connectivity index (χ4n) is 1.36. The molecule has 2 aromatic rings. The van der Waals surface area contributed by atoms with Crippen LogP contribution in [-0.4, -0.2) is 5.16 Å². The Morgan fingerprint density at radius 3 is 2.59 bits per heavy atom. The predicted octanol–water partition coefficient (Wildman–Crippen LogP) is 3.36. The number of hydrogen-bond acceptors (Lipinski definition) is 3. The van der Waals surface area contributed by atoms with Crippen LogP contribution in [0.4, 0.5) is 0 Å². The van der Waals surface area contributed by atoms with Crippen molar-refractivity contribution >= 4 is 23.4 Å². The molecule has 0 aliphatic carbocycles. The third-order valence-electron chi connectivity index (χ3n) is 2.33. The maximum Gasteiger partial charge on any atom is 0.298 e. The number of rotatable bonds is 4. The van der Waals surface area contributed by atoms with Gasteiger partial charge < -0.3 is 4.52 Å². The molecule has 0 aliphatic rings. The Balaban J connectivity index is 1.90.